The van der Waals surface area contributed by atoms with Crippen LogP contribution in [0.15, 0.2) is 23.4 Å². The smallest absolute Gasteiger partial charge is 0.350 e. The molecule has 1 aromatic carbocycles. The SMILES string of the molecule is CC(C)=NOc1ccc(C(F)(F)F)cc1[N+](=O)[O-]. The summed E-state index contributed by atoms with van der Waals surface area (Å²) in [6, 6.07) is 1.98. The van der Waals surface area contributed by atoms with Crippen LogP contribution in [0.3, 0.4) is 0 Å². The first-order chi connectivity index (χ1) is 8.21. The highest BCUT2D eigenvalue weighted by Crippen LogP contribution is 2.36. The van der Waals surface area contributed by atoms with Gasteiger partial charge >= 0.3 is 11.9 Å². The first-order valence-electron chi connectivity index (χ1n) is 4.75. The van der Waals surface area contributed by atoms with Gasteiger partial charge in [-0.3, -0.25) is 10.1 Å². The molecule has 0 unspecified atom stereocenters. The first kappa shape index (κ1) is 13.9. The van der Waals surface area contributed by atoms with Crippen LogP contribution in [0.2, 0.25) is 0 Å². The van der Waals surface area contributed by atoms with Gasteiger partial charge in [-0.1, -0.05) is 5.16 Å². The van der Waals surface area contributed by atoms with Gasteiger partial charge in [0.05, 0.1) is 16.2 Å². The molecule has 0 spiro atoms. The van der Waals surface area contributed by atoms with Gasteiger partial charge < -0.3 is 4.84 Å². The fraction of sp³-hybridized carbons (Fsp3) is 0.300. The molecule has 0 bridgehead atoms. The third kappa shape index (κ3) is 3.44. The van der Waals surface area contributed by atoms with E-state index >= 15 is 0 Å². The van der Waals surface area contributed by atoms with Crippen molar-refractivity contribution in [2.75, 3.05) is 0 Å². The summed E-state index contributed by atoms with van der Waals surface area (Å²) in [5.41, 5.74) is -1.42. The predicted molar refractivity (Wildman–Crippen MR) is 57.5 cm³/mol. The van der Waals surface area contributed by atoms with Gasteiger partial charge in [-0.15, -0.1) is 0 Å². The van der Waals surface area contributed by atoms with Crippen molar-refractivity contribution < 1.29 is 22.9 Å². The second kappa shape index (κ2) is 5.03. The van der Waals surface area contributed by atoms with Crippen molar-refractivity contribution in [3.05, 3.63) is 33.9 Å². The third-order valence-corrected chi connectivity index (χ3v) is 1.81. The Kier molecular flexibility index (Phi) is 3.89. The fourth-order valence-corrected chi connectivity index (χ4v) is 1.05. The largest absolute Gasteiger partial charge is 0.416 e. The maximum Gasteiger partial charge on any atom is 0.416 e. The molecule has 0 aromatic heterocycles. The van der Waals surface area contributed by atoms with E-state index < -0.39 is 22.4 Å². The van der Waals surface area contributed by atoms with Crippen molar-refractivity contribution in [3.8, 4) is 5.75 Å². The normalized spacial score (nSPS) is 10.9. The van der Waals surface area contributed by atoms with Crippen LogP contribution in [-0.2, 0) is 6.18 Å². The molecule has 0 saturated carbocycles. The molecule has 5 nitrogen and oxygen atoms in total. The molecule has 0 atom stereocenters. The Morgan fingerprint density at radius 1 is 1.39 bits per heavy atom. The van der Waals surface area contributed by atoms with Crippen LogP contribution in [-0.4, -0.2) is 10.6 Å². The minimum Gasteiger partial charge on any atom is -0.350 e. The summed E-state index contributed by atoms with van der Waals surface area (Å²) in [7, 11) is 0. The van der Waals surface area contributed by atoms with Gasteiger partial charge in [0, 0.05) is 6.07 Å². The monoisotopic (exact) mass is 262 g/mol. The maximum atomic E-state index is 12.4. The number of halogens is 3. The minimum atomic E-state index is -4.65. The highest BCUT2D eigenvalue weighted by molar-refractivity contribution is 5.78. The topological polar surface area (TPSA) is 64.7 Å². The molecule has 0 fully saturated rings. The number of alkyl halides is 3. The molecule has 0 aliphatic carbocycles. The molecule has 1 aromatic rings. The Bertz CT molecular complexity index is 494. The number of benzene rings is 1. The molecule has 0 radical (unpaired) electrons. The van der Waals surface area contributed by atoms with Gasteiger partial charge in [-0.25, -0.2) is 0 Å². The zero-order valence-electron chi connectivity index (χ0n) is 9.49. The van der Waals surface area contributed by atoms with E-state index in [9.17, 15) is 23.3 Å². The van der Waals surface area contributed by atoms with E-state index in [1.807, 2.05) is 0 Å². The van der Waals surface area contributed by atoms with E-state index in [4.69, 9.17) is 4.84 Å². The number of nitro benzene ring substituents is 1. The lowest BCUT2D eigenvalue weighted by molar-refractivity contribution is -0.386. The molecular weight excluding hydrogens is 253 g/mol. The Morgan fingerprint density at radius 3 is 2.44 bits per heavy atom. The molecule has 1 rings (SSSR count). The molecular formula is C10H9F3N2O3. The zero-order chi connectivity index (χ0) is 13.9. The minimum absolute atomic E-state index is 0.339. The molecule has 98 valence electrons. The van der Waals surface area contributed by atoms with Crippen LogP contribution >= 0.6 is 0 Å². The summed E-state index contributed by atoms with van der Waals surface area (Å²) in [6.07, 6.45) is -4.65. The molecule has 0 amide bonds. The van der Waals surface area contributed by atoms with Crippen LogP contribution in [0.5, 0.6) is 5.75 Å². The molecule has 0 aliphatic rings. The van der Waals surface area contributed by atoms with Crippen LogP contribution in [0.1, 0.15) is 19.4 Å². The van der Waals surface area contributed by atoms with E-state index in [0.29, 0.717) is 17.8 Å². The van der Waals surface area contributed by atoms with E-state index in [0.717, 1.165) is 6.07 Å². The quantitative estimate of drug-likeness (QED) is 0.476. The van der Waals surface area contributed by atoms with Crippen molar-refractivity contribution in [1.29, 1.82) is 0 Å². The van der Waals surface area contributed by atoms with Crippen molar-refractivity contribution in [2.24, 2.45) is 5.16 Å². The van der Waals surface area contributed by atoms with Crippen molar-refractivity contribution in [2.45, 2.75) is 20.0 Å². The average Bonchev–Trinajstić information content (AvgIpc) is 2.24. The molecule has 0 saturated heterocycles. The lowest BCUT2D eigenvalue weighted by Crippen LogP contribution is -2.06. The fourth-order valence-electron chi connectivity index (χ4n) is 1.05. The standard InChI is InChI=1S/C10H9F3N2O3/c1-6(2)14-18-9-4-3-7(10(11,12)13)5-8(9)15(16)17/h3-5H,1-2H3. The Balaban J connectivity index is 3.21. The number of nitrogens with zero attached hydrogens (tertiary/aromatic N) is 2. The van der Waals surface area contributed by atoms with Crippen LogP contribution in [0.25, 0.3) is 0 Å². The van der Waals surface area contributed by atoms with Crippen molar-refractivity contribution in [3.63, 3.8) is 0 Å². The summed E-state index contributed by atoms with van der Waals surface area (Å²) in [4.78, 5) is 14.4. The summed E-state index contributed by atoms with van der Waals surface area (Å²) in [5.74, 6) is -0.339. The van der Waals surface area contributed by atoms with E-state index in [-0.39, 0.29) is 5.75 Å². The number of rotatable bonds is 3. The average molecular weight is 262 g/mol. The summed E-state index contributed by atoms with van der Waals surface area (Å²) in [6.45, 7) is 3.16. The van der Waals surface area contributed by atoms with Crippen LogP contribution in [0, 0.1) is 10.1 Å². The predicted octanol–water partition coefficient (Wildman–Crippen LogP) is 3.39. The van der Waals surface area contributed by atoms with Crippen molar-refractivity contribution in [1.82, 2.24) is 0 Å². The molecule has 8 heteroatoms. The van der Waals surface area contributed by atoms with Gasteiger partial charge in [-0.2, -0.15) is 13.2 Å². The van der Waals surface area contributed by atoms with Gasteiger partial charge in [0.2, 0.25) is 5.75 Å². The third-order valence-electron chi connectivity index (χ3n) is 1.81. The lowest BCUT2D eigenvalue weighted by Gasteiger charge is -2.07. The second-order valence-electron chi connectivity index (χ2n) is 3.57. The molecule has 0 aliphatic heterocycles. The highest BCUT2D eigenvalue weighted by Gasteiger charge is 2.33. The molecule has 18 heavy (non-hydrogen) atoms. The molecule has 0 N–H and O–H groups in total. The van der Waals surface area contributed by atoms with Gasteiger partial charge in [0.25, 0.3) is 0 Å². The summed E-state index contributed by atoms with van der Waals surface area (Å²) >= 11 is 0. The second-order valence-corrected chi connectivity index (χ2v) is 3.57. The van der Waals surface area contributed by atoms with Gasteiger partial charge in [0.1, 0.15) is 0 Å². The highest BCUT2D eigenvalue weighted by atomic mass is 19.4. The van der Waals surface area contributed by atoms with Gasteiger partial charge in [0.15, 0.2) is 0 Å². The molecule has 0 heterocycles. The van der Waals surface area contributed by atoms with Gasteiger partial charge in [-0.05, 0) is 26.0 Å². The number of nitro groups is 1. The zero-order valence-corrected chi connectivity index (χ0v) is 9.49. The summed E-state index contributed by atoms with van der Waals surface area (Å²) in [5, 5.41) is 14.1. The van der Waals surface area contributed by atoms with Crippen LogP contribution < -0.4 is 4.84 Å². The Morgan fingerprint density at radius 2 is 2.00 bits per heavy atom. The number of oxime groups is 1. The van der Waals surface area contributed by atoms with E-state index in [2.05, 4.69) is 5.16 Å². The lowest BCUT2D eigenvalue weighted by atomic mass is 10.2. The van der Waals surface area contributed by atoms with E-state index in [1.165, 1.54) is 0 Å². The van der Waals surface area contributed by atoms with Crippen molar-refractivity contribution >= 4 is 11.4 Å². The Labute approximate surface area is 100 Å². The Hall–Kier alpha value is -2.12. The summed E-state index contributed by atoms with van der Waals surface area (Å²) < 4.78 is 37.2. The van der Waals surface area contributed by atoms with E-state index in [1.54, 1.807) is 13.8 Å². The number of hydrogen-bond donors (Lipinski definition) is 0. The first-order valence-corrected chi connectivity index (χ1v) is 4.75. The maximum absolute atomic E-state index is 12.4. The van der Waals surface area contributed by atoms with Crippen LogP contribution in [0.4, 0.5) is 18.9 Å². The number of hydrogen-bond acceptors (Lipinski definition) is 4.